The summed E-state index contributed by atoms with van der Waals surface area (Å²) in [5, 5.41) is 12.4. The Labute approximate surface area is 205 Å². The molecule has 1 N–H and O–H groups in total. The molecule has 9 heteroatoms. The molecule has 3 heterocycles. The van der Waals surface area contributed by atoms with Gasteiger partial charge >= 0.3 is 0 Å². The summed E-state index contributed by atoms with van der Waals surface area (Å²) in [5.41, 5.74) is 3.77. The molecule has 0 spiro atoms. The number of aromatic nitrogens is 1. The van der Waals surface area contributed by atoms with Gasteiger partial charge in [0.2, 0.25) is 11.8 Å². The Morgan fingerprint density at radius 3 is 2.58 bits per heavy atom. The number of amides is 2. The normalized spacial score (nSPS) is 19.4. The van der Waals surface area contributed by atoms with Gasteiger partial charge in [-0.3, -0.25) is 19.7 Å². The van der Waals surface area contributed by atoms with E-state index < -0.39 is 17.0 Å². The molecule has 6 rings (SSSR count). The van der Waals surface area contributed by atoms with E-state index in [2.05, 4.69) is 4.98 Å². The lowest BCUT2D eigenvalue weighted by molar-refractivity contribution is -0.384. The summed E-state index contributed by atoms with van der Waals surface area (Å²) < 4.78 is 13.4. The van der Waals surface area contributed by atoms with Crippen molar-refractivity contribution in [1.82, 2.24) is 14.8 Å². The molecule has 36 heavy (non-hydrogen) atoms. The predicted molar refractivity (Wildman–Crippen MR) is 129 cm³/mol. The monoisotopic (exact) mass is 484 g/mol. The van der Waals surface area contributed by atoms with Crippen LogP contribution in [-0.4, -0.2) is 44.1 Å². The van der Waals surface area contributed by atoms with Crippen LogP contribution in [0.3, 0.4) is 0 Å². The smallest absolute Gasteiger partial charge is 0.269 e. The van der Waals surface area contributed by atoms with Crippen LogP contribution in [0.25, 0.3) is 10.9 Å². The van der Waals surface area contributed by atoms with E-state index in [0.29, 0.717) is 12.0 Å². The van der Waals surface area contributed by atoms with E-state index in [-0.39, 0.29) is 36.4 Å². The van der Waals surface area contributed by atoms with Gasteiger partial charge < -0.3 is 14.8 Å². The van der Waals surface area contributed by atoms with Gasteiger partial charge in [-0.2, -0.15) is 0 Å². The molecule has 1 saturated heterocycles. The largest absolute Gasteiger partial charge is 0.356 e. The maximum Gasteiger partial charge on any atom is 0.269 e. The van der Waals surface area contributed by atoms with Crippen LogP contribution in [0.5, 0.6) is 0 Å². The third-order valence-corrected chi connectivity index (χ3v) is 7.03. The maximum absolute atomic E-state index is 13.7. The second-order valence-electron chi connectivity index (χ2n) is 9.16. The molecule has 1 aromatic heterocycles. The van der Waals surface area contributed by atoms with E-state index in [4.69, 9.17) is 0 Å². The Hall–Kier alpha value is -4.53. The number of nitrogens with zero attached hydrogens (tertiary/aromatic N) is 3. The first-order chi connectivity index (χ1) is 17.4. The number of carbonyl (C=O) groups excluding carboxylic acids is 2. The Morgan fingerprint density at radius 2 is 1.81 bits per heavy atom. The average molecular weight is 484 g/mol. The first-order valence-electron chi connectivity index (χ1n) is 11.6. The highest BCUT2D eigenvalue weighted by Crippen LogP contribution is 2.43. The van der Waals surface area contributed by atoms with Crippen LogP contribution in [0.1, 0.15) is 28.4 Å². The number of para-hydroxylation sites is 1. The molecule has 0 radical (unpaired) electrons. The van der Waals surface area contributed by atoms with Crippen molar-refractivity contribution < 1.29 is 18.9 Å². The lowest BCUT2D eigenvalue weighted by Crippen LogP contribution is -2.62. The molecule has 2 aliphatic heterocycles. The van der Waals surface area contributed by atoms with Gasteiger partial charge in [-0.05, 0) is 34.9 Å². The van der Waals surface area contributed by atoms with Gasteiger partial charge in [0.1, 0.15) is 18.4 Å². The number of piperazine rings is 1. The molecule has 2 atom stereocenters. The lowest BCUT2D eigenvalue weighted by atomic mass is 9.86. The zero-order valence-corrected chi connectivity index (χ0v) is 19.1. The Morgan fingerprint density at radius 1 is 1.03 bits per heavy atom. The number of hydrogen-bond acceptors (Lipinski definition) is 4. The number of carbonyl (C=O) groups is 2. The van der Waals surface area contributed by atoms with Crippen LogP contribution in [0, 0.1) is 15.9 Å². The summed E-state index contributed by atoms with van der Waals surface area (Å²) in [6, 6.07) is 18.4. The topological polar surface area (TPSA) is 99.5 Å². The van der Waals surface area contributed by atoms with E-state index in [0.717, 1.165) is 27.7 Å². The molecule has 2 unspecified atom stereocenters. The highest BCUT2D eigenvalue weighted by atomic mass is 19.1. The second-order valence-corrected chi connectivity index (χ2v) is 9.16. The number of non-ortho nitro benzene ring substituents is 1. The Bertz CT molecular complexity index is 1530. The van der Waals surface area contributed by atoms with Gasteiger partial charge in [-0.1, -0.05) is 42.5 Å². The van der Waals surface area contributed by atoms with Crippen molar-refractivity contribution in [2.24, 2.45) is 0 Å². The van der Waals surface area contributed by atoms with E-state index >= 15 is 0 Å². The van der Waals surface area contributed by atoms with Gasteiger partial charge in [0.15, 0.2) is 0 Å². The summed E-state index contributed by atoms with van der Waals surface area (Å²) in [5.74, 6) is -0.822. The summed E-state index contributed by atoms with van der Waals surface area (Å²) in [6.45, 7) is 0.0606. The predicted octanol–water partition coefficient (Wildman–Crippen LogP) is 4.10. The van der Waals surface area contributed by atoms with Crippen molar-refractivity contribution in [3.63, 3.8) is 0 Å². The number of benzene rings is 3. The van der Waals surface area contributed by atoms with Crippen LogP contribution in [0.4, 0.5) is 10.1 Å². The van der Waals surface area contributed by atoms with Gasteiger partial charge in [-0.15, -0.1) is 0 Å². The highest BCUT2D eigenvalue weighted by molar-refractivity contribution is 5.97. The lowest BCUT2D eigenvalue weighted by Gasteiger charge is -2.47. The van der Waals surface area contributed by atoms with Gasteiger partial charge in [0.05, 0.1) is 11.0 Å². The molecule has 1 fully saturated rings. The van der Waals surface area contributed by atoms with Crippen molar-refractivity contribution in [3.8, 4) is 0 Å². The quantitative estimate of drug-likeness (QED) is 0.348. The van der Waals surface area contributed by atoms with Gasteiger partial charge in [0.25, 0.3) is 5.69 Å². The Balaban J connectivity index is 1.46. The minimum Gasteiger partial charge on any atom is -0.356 e. The third kappa shape index (κ3) is 3.51. The number of nitro benzene ring substituents is 1. The summed E-state index contributed by atoms with van der Waals surface area (Å²) in [7, 11) is 0. The standard InChI is InChI=1S/C27H21FN4O4/c28-18-10-8-16(9-11-18)14-30-15-24(33)31-23(27(30)34)13-21-20-6-1-2-7-22(20)29-25(21)26(31)17-4-3-5-19(12-17)32(35)36/h1-12,23,26,29H,13-15H2. The third-order valence-electron chi connectivity index (χ3n) is 7.03. The number of hydrogen-bond donors (Lipinski definition) is 1. The van der Waals surface area contributed by atoms with E-state index in [1.807, 2.05) is 24.3 Å². The van der Waals surface area contributed by atoms with Gasteiger partial charge in [0, 0.05) is 41.7 Å². The minimum absolute atomic E-state index is 0.0824. The Kier molecular flexibility index (Phi) is 5.06. The highest BCUT2D eigenvalue weighted by Gasteiger charge is 2.48. The molecule has 0 saturated carbocycles. The second kappa shape index (κ2) is 8.30. The van der Waals surface area contributed by atoms with Crippen molar-refractivity contribution in [1.29, 1.82) is 0 Å². The van der Waals surface area contributed by atoms with E-state index in [9.17, 15) is 24.1 Å². The molecule has 3 aromatic carbocycles. The van der Waals surface area contributed by atoms with Gasteiger partial charge in [-0.25, -0.2) is 4.39 Å². The van der Waals surface area contributed by atoms with Crippen molar-refractivity contribution in [2.45, 2.75) is 25.0 Å². The average Bonchev–Trinajstić information content (AvgIpc) is 3.25. The fourth-order valence-corrected chi connectivity index (χ4v) is 5.42. The van der Waals surface area contributed by atoms with E-state index in [1.54, 1.807) is 29.2 Å². The summed E-state index contributed by atoms with van der Waals surface area (Å²) >= 11 is 0. The molecule has 2 aliphatic rings. The fraction of sp³-hybridized carbons (Fsp3) is 0.185. The zero-order chi connectivity index (χ0) is 25.0. The zero-order valence-electron chi connectivity index (χ0n) is 19.1. The summed E-state index contributed by atoms with van der Waals surface area (Å²) in [6.07, 6.45) is 0.329. The number of rotatable bonds is 4. The molecule has 8 nitrogen and oxygen atoms in total. The number of halogens is 1. The van der Waals surface area contributed by atoms with Crippen molar-refractivity contribution in [3.05, 3.63) is 111 Å². The molecular formula is C27H21FN4O4. The van der Waals surface area contributed by atoms with Crippen LogP contribution >= 0.6 is 0 Å². The number of aromatic amines is 1. The van der Waals surface area contributed by atoms with Crippen LogP contribution in [0.15, 0.2) is 72.8 Å². The van der Waals surface area contributed by atoms with Crippen molar-refractivity contribution >= 4 is 28.4 Å². The summed E-state index contributed by atoms with van der Waals surface area (Å²) in [4.78, 5) is 44.8. The maximum atomic E-state index is 13.7. The van der Waals surface area contributed by atoms with Crippen LogP contribution in [0.2, 0.25) is 0 Å². The molecule has 2 amide bonds. The number of nitro groups is 1. The molecule has 0 aliphatic carbocycles. The minimum atomic E-state index is -0.761. The first-order valence-corrected chi connectivity index (χ1v) is 11.6. The number of H-pyrrole nitrogens is 1. The first kappa shape index (κ1) is 22.0. The fourth-order valence-electron chi connectivity index (χ4n) is 5.42. The molecular weight excluding hydrogens is 463 g/mol. The van der Waals surface area contributed by atoms with Crippen LogP contribution < -0.4 is 0 Å². The number of nitrogens with one attached hydrogen (secondary N) is 1. The molecule has 4 aromatic rings. The van der Waals surface area contributed by atoms with Crippen molar-refractivity contribution in [2.75, 3.05) is 6.54 Å². The number of fused-ring (bicyclic) bond motifs is 4. The molecule has 0 bridgehead atoms. The SMILES string of the molecule is O=C1C2Cc3c([nH]c4ccccc34)C(c3cccc([N+](=O)[O-])c3)N2C(=O)CN1Cc1ccc(F)cc1. The molecule has 180 valence electrons. The van der Waals surface area contributed by atoms with Crippen LogP contribution in [-0.2, 0) is 22.6 Å². The van der Waals surface area contributed by atoms with E-state index in [1.165, 1.54) is 29.2 Å².